The van der Waals surface area contributed by atoms with Crippen molar-refractivity contribution in [1.82, 2.24) is 5.32 Å². The number of terminal acetylenes is 1. The summed E-state index contributed by atoms with van der Waals surface area (Å²) in [6, 6.07) is 0. The molecule has 1 amide bonds. The molecule has 102 valence electrons. The number of unbranched alkanes of at least 4 members (excludes halogenated alkanes) is 1. The summed E-state index contributed by atoms with van der Waals surface area (Å²) in [6.07, 6.45) is 15.8. The van der Waals surface area contributed by atoms with E-state index in [-0.39, 0.29) is 6.09 Å². The van der Waals surface area contributed by atoms with Gasteiger partial charge in [0, 0.05) is 13.0 Å². The number of hydrogen-bond donors (Lipinski definition) is 1. The van der Waals surface area contributed by atoms with Crippen molar-refractivity contribution in [1.29, 1.82) is 0 Å². The Morgan fingerprint density at radius 2 is 2.06 bits per heavy atom. The molecule has 0 heterocycles. The van der Waals surface area contributed by atoms with Gasteiger partial charge < -0.3 is 10.1 Å². The van der Waals surface area contributed by atoms with Crippen LogP contribution in [-0.2, 0) is 4.74 Å². The van der Waals surface area contributed by atoms with E-state index in [1.165, 1.54) is 44.9 Å². The first-order chi connectivity index (χ1) is 8.83. The molecule has 0 atom stereocenters. The fraction of sp³-hybridized carbons (Fsp3) is 0.800. The smallest absolute Gasteiger partial charge is 0.407 e. The van der Waals surface area contributed by atoms with Crippen molar-refractivity contribution >= 4 is 6.09 Å². The second-order valence-corrected chi connectivity index (χ2v) is 5.02. The van der Waals surface area contributed by atoms with Crippen LogP contribution in [0.3, 0.4) is 0 Å². The van der Waals surface area contributed by atoms with Crippen LogP contribution in [0.2, 0.25) is 0 Å². The van der Waals surface area contributed by atoms with Crippen LogP contribution in [0, 0.1) is 18.3 Å². The largest absolute Gasteiger partial charge is 0.449 e. The Hall–Kier alpha value is -1.17. The van der Waals surface area contributed by atoms with Crippen molar-refractivity contribution in [2.24, 2.45) is 5.92 Å². The maximum Gasteiger partial charge on any atom is 0.407 e. The summed E-state index contributed by atoms with van der Waals surface area (Å²) >= 11 is 0. The zero-order valence-electron chi connectivity index (χ0n) is 11.2. The molecule has 0 aromatic rings. The second kappa shape index (κ2) is 9.82. The van der Waals surface area contributed by atoms with Crippen molar-refractivity contribution in [2.75, 3.05) is 13.2 Å². The normalized spacial score (nSPS) is 15.9. The van der Waals surface area contributed by atoms with Crippen LogP contribution < -0.4 is 5.32 Å². The van der Waals surface area contributed by atoms with E-state index in [0.29, 0.717) is 19.6 Å². The van der Waals surface area contributed by atoms with Crippen LogP contribution in [0.25, 0.3) is 0 Å². The monoisotopic (exact) mass is 251 g/mol. The maximum absolute atomic E-state index is 11.2. The summed E-state index contributed by atoms with van der Waals surface area (Å²) < 4.78 is 4.89. The maximum atomic E-state index is 11.2. The molecule has 3 nitrogen and oxygen atoms in total. The van der Waals surface area contributed by atoms with Gasteiger partial charge in [0.05, 0.1) is 0 Å². The molecular formula is C15H25NO2. The molecule has 3 heteroatoms. The molecule has 1 aliphatic rings. The van der Waals surface area contributed by atoms with Crippen molar-refractivity contribution in [2.45, 2.75) is 57.8 Å². The van der Waals surface area contributed by atoms with E-state index in [2.05, 4.69) is 11.2 Å². The minimum absolute atomic E-state index is 0.310. The van der Waals surface area contributed by atoms with E-state index in [9.17, 15) is 4.79 Å². The Morgan fingerprint density at radius 3 is 2.78 bits per heavy atom. The van der Waals surface area contributed by atoms with Crippen molar-refractivity contribution in [3.63, 3.8) is 0 Å². The number of rotatable bonds is 7. The predicted molar refractivity (Wildman–Crippen MR) is 73.2 cm³/mol. The zero-order valence-corrected chi connectivity index (χ0v) is 11.2. The van der Waals surface area contributed by atoms with E-state index >= 15 is 0 Å². The molecule has 0 bridgehead atoms. The Kier molecular flexibility index (Phi) is 8.12. The molecule has 1 aliphatic carbocycles. The van der Waals surface area contributed by atoms with Crippen LogP contribution in [0.4, 0.5) is 4.79 Å². The third-order valence-electron chi connectivity index (χ3n) is 3.51. The topological polar surface area (TPSA) is 38.3 Å². The number of carbonyl (C=O) groups is 1. The number of nitrogens with one attached hydrogen (secondary N) is 1. The minimum Gasteiger partial charge on any atom is -0.449 e. The number of ether oxygens (including phenoxy) is 1. The van der Waals surface area contributed by atoms with Crippen molar-refractivity contribution in [3.8, 4) is 12.3 Å². The standard InChI is InChI=1S/C15H25NO2/c1-2-3-13-18-15(17)16-12-8-7-11-14-9-5-4-6-10-14/h1,14H,3-13H2,(H,16,17). The lowest BCUT2D eigenvalue weighted by Gasteiger charge is -2.21. The number of carbonyl (C=O) groups excluding carboxylic acids is 1. The van der Waals surface area contributed by atoms with Gasteiger partial charge in [-0.05, 0) is 12.3 Å². The molecular weight excluding hydrogens is 226 g/mol. The summed E-state index contributed by atoms with van der Waals surface area (Å²) in [6.45, 7) is 1.02. The van der Waals surface area contributed by atoms with Gasteiger partial charge in [-0.25, -0.2) is 4.79 Å². The Balaban J connectivity index is 1.88. The molecule has 0 radical (unpaired) electrons. The molecule has 18 heavy (non-hydrogen) atoms. The van der Waals surface area contributed by atoms with E-state index in [1.54, 1.807) is 0 Å². The number of hydrogen-bond acceptors (Lipinski definition) is 2. The lowest BCUT2D eigenvalue weighted by atomic mass is 9.86. The van der Waals surface area contributed by atoms with E-state index < -0.39 is 0 Å². The first-order valence-corrected chi connectivity index (χ1v) is 7.17. The molecule has 1 saturated carbocycles. The molecule has 0 aromatic carbocycles. The van der Waals surface area contributed by atoms with Crippen LogP contribution in [0.5, 0.6) is 0 Å². The SMILES string of the molecule is C#CCCOC(=O)NCCCCC1CCCCC1. The van der Waals surface area contributed by atoms with Gasteiger partial charge in [0.2, 0.25) is 0 Å². The second-order valence-electron chi connectivity index (χ2n) is 5.02. The molecule has 0 aromatic heterocycles. The first kappa shape index (κ1) is 14.9. The third-order valence-corrected chi connectivity index (χ3v) is 3.51. The lowest BCUT2D eigenvalue weighted by molar-refractivity contribution is 0.148. The molecule has 1 rings (SSSR count). The molecule has 0 unspecified atom stereocenters. The quantitative estimate of drug-likeness (QED) is 0.555. The fourth-order valence-corrected chi connectivity index (χ4v) is 2.48. The van der Waals surface area contributed by atoms with Crippen molar-refractivity contribution in [3.05, 3.63) is 0 Å². The number of amides is 1. The summed E-state index contributed by atoms with van der Waals surface area (Å²) in [7, 11) is 0. The van der Waals surface area contributed by atoms with Gasteiger partial charge in [0.1, 0.15) is 6.61 Å². The van der Waals surface area contributed by atoms with Crippen LogP contribution in [0.15, 0.2) is 0 Å². The van der Waals surface area contributed by atoms with E-state index in [1.807, 2.05) is 0 Å². The summed E-state index contributed by atoms with van der Waals surface area (Å²) in [5.41, 5.74) is 0. The third kappa shape index (κ3) is 7.21. The Bertz CT molecular complexity index is 264. The van der Waals surface area contributed by atoms with Gasteiger partial charge in [-0.3, -0.25) is 0 Å². The fourth-order valence-electron chi connectivity index (χ4n) is 2.48. The van der Waals surface area contributed by atoms with Gasteiger partial charge in [-0.2, -0.15) is 0 Å². The van der Waals surface area contributed by atoms with Gasteiger partial charge >= 0.3 is 6.09 Å². The minimum atomic E-state index is -0.345. The van der Waals surface area contributed by atoms with Gasteiger partial charge in [0.25, 0.3) is 0 Å². The highest BCUT2D eigenvalue weighted by molar-refractivity contribution is 5.66. The molecule has 0 aliphatic heterocycles. The van der Waals surface area contributed by atoms with Crippen molar-refractivity contribution < 1.29 is 9.53 Å². The Labute approximate surface area is 111 Å². The Morgan fingerprint density at radius 1 is 1.28 bits per heavy atom. The summed E-state index contributed by atoms with van der Waals surface area (Å²) in [5.74, 6) is 3.36. The first-order valence-electron chi connectivity index (χ1n) is 7.17. The average molecular weight is 251 g/mol. The average Bonchev–Trinajstić information content (AvgIpc) is 2.40. The van der Waals surface area contributed by atoms with Gasteiger partial charge in [0.15, 0.2) is 0 Å². The van der Waals surface area contributed by atoms with Gasteiger partial charge in [-0.1, -0.05) is 44.9 Å². The highest BCUT2D eigenvalue weighted by atomic mass is 16.5. The van der Waals surface area contributed by atoms with E-state index in [0.717, 1.165) is 12.3 Å². The molecule has 0 spiro atoms. The zero-order chi connectivity index (χ0) is 13.1. The molecule has 1 fully saturated rings. The summed E-state index contributed by atoms with van der Waals surface area (Å²) in [4.78, 5) is 11.2. The summed E-state index contributed by atoms with van der Waals surface area (Å²) in [5, 5.41) is 2.75. The lowest BCUT2D eigenvalue weighted by Crippen LogP contribution is -2.25. The van der Waals surface area contributed by atoms with Gasteiger partial charge in [-0.15, -0.1) is 12.3 Å². The van der Waals surface area contributed by atoms with E-state index in [4.69, 9.17) is 11.2 Å². The highest BCUT2D eigenvalue weighted by Gasteiger charge is 2.12. The van der Waals surface area contributed by atoms with Crippen LogP contribution in [-0.4, -0.2) is 19.2 Å². The predicted octanol–water partition coefficient (Wildman–Crippen LogP) is 3.49. The molecule has 1 N–H and O–H groups in total. The highest BCUT2D eigenvalue weighted by Crippen LogP contribution is 2.27. The van der Waals surface area contributed by atoms with Crippen LogP contribution in [0.1, 0.15) is 57.8 Å². The van der Waals surface area contributed by atoms with Crippen LogP contribution >= 0.6 is 0 Å². The molecule has 0 saturated heterocycles. The number of alkyl carbamates (subject to hydrolysis) is 1.